The van der Waals surface area contributed by atoms with Crippen molar-refractivity contribution in [3.8, 4) is 5.75 Å². The number of imidazole rings is 1. The molecule has 3 rings (SSSR count). The Morgan fingerprint density at radius 2 is 2.05 bits per heavy atom. The lowest BCUT2D eigenvalue weighted by molar-refractivity contribution is 0.262. The number of carbonyl (C=O) groups is 1. The van der Waals surface area contributed by atoms with E-state index < -0.39 is 0 Å². The van der Waals surface area contributed by atoms with Gasteiger partial charge in [0.25, 0.3) is 0 Å². The highest BCUT2D eigenvalue weighted by molar-refractivity contribution is 6.01. The molecular weight excluding hydrogens is 268 g/mol. The third kappa shape index (κ3) is 2.79. The third-order valence-electron chi connectivity index (χ3n) is 3.03. The molecule has 0 spiro atoms. The number of aromatic nitrogens is 2. The highest BCUT2D eigenvalue weighted by Gasteiger charge is 2.07. The van der Waals surface area contributed by atoms with Crippen molar-refractivity contribution in [3.05, 3.63) is 48.8 Å². The lowest BCUT2D eigenvalue weighted by atomic mass is 10.2. The second kappa shape index (κ2) is 5.54. The molecule has 6 heteroatoms. The molecule has 0 radical (unpaired) electrons. The van der Waals surface area contributed by atoms with Crippen LogP contribution in [0.15, 0.2) is 48.8 Å². The summed E-state index contributed by atoms with van der Waals surface area (Å²) in [6.45, 7) is 0. The predicted octanol–water partition coefficient (Wildman–Crippen LogP) is 3.22. The average Bonchev–Trinajstić information content (AvgIpc) is 2.95. The number of fused-ring (bicyclic) bond motifs is 1. The van der Waals surface area contributed by atoms with E-state index in [1.165, 1.54) is 0 Å². The first-order valence-corrected chi connectivity index (χ1v) is 6.40. The van der Waals surface area contributed by atoms with Gasteiger partial charge in [-0.2, -0.15) is 0 Å². The highest BCUT2D eigenvalue weighted by atomic mass is 16.5. The predicted molar refractivity (Wildman–Crippen MR) is 81.7 cm³/mol. The van der Waals surface area contributed by atoms with Crippen molar-refractivity contribution in [2.45, 2.75) is 0 Å². The Morgan fingerprint density at radius 1 is 1.19 bits per heavy atom. The molecule has 2 aromatic carbocycles. The van der Waals surface area contributed by atoms with E-state index in [9.17, 15) is 4.79 Å². The Bertz CT molecular complexity index is 782. The van der Waals surface area contributed by atoms with E-state index in [2.05, 4.69) is 20.6 Å². The molecule has 0 aliphatic carbocycles. The van der Waals surface area contributed by atoms with Gasteiger partial charge in [-0.1, -0.05) is 12.1 Å². The van der Waals surface area contributed by atoms with E-state index in [1.807, 2.05) is 24.3 Å². The fourth-order valence-electron chi connectivity index (χ4n) is 2.05. The van der Waals surface area contributed by atoms with Crippen LogP contribution in [0.2, 0.25) is 0 Å². The summed E-state index contributed by atoms with van der Waals surface area (Å²) < 4.78 is 5.19. The van der Waals surface area contributed by atoms with Crippen LogP contribution in [0.3, 0.4) is 0 Å². The van der Waals surface area contributed by atoms with Gasteiger partial charge in [0.05, 0.1) is 30.2 Å². The number of hydrogen-bond acceptors (Lipinski definition) is 3. The van der Waals surface area contributed by atoms with Crippen molar-refractivity contribution in [1.29, 1.82) is 0 Å². The Hall–Kier alpha value is -3.02. The number of ether oxygens (including phenoxy) is 1. The van der Waals surface area contributed by atoms with Gasteiger partial charge in [-0.3, -0.25) is 0 Å². The zero-order valence-electron chi connectivity index (χ0n) is 11.4. The molecule has 106 valence electrons. The van der Waals surface area contributed by atoms with Crippen LogP contribution in [-0.2, 0) is 0 Å². The number of nitrogens with one attached hydrogen (secondary N) is 3. The number of rotatable bonds is 3. The molecule has 3 N–H and O–H groups in total. The molecule has 0 saturated heterocycles. The minimum absolute atomic E-state index is 0.335. The van der Waals surface area contributed by atoms with Crippen molar-refractivity contribution in [3.63, 3.8) is 0 Å². The maximum atomic E-state index is 12.0. The first kappa shape index (κ1) is 13.0. The van der Waals surface area contributed by atoms with Gasteiger partial charge in [0.2, 0.25) is 0 Å². The van der Waals surface area contributed by atoms with Crippen LogP contribution < -0.4 is 15.4 Å². The van der Waals surface area contributed by atoms with Gasteiger partial charge in [-0.05, 0) is 30.3 Å². The topological polar surface area (TPSA) is 79.0 Å². The molecule has 0 aliphatic rings. The van der Waals surface area contributed by atoms with Gasteiger partial charge in [0.15, 0.2) is 0 Å². The molecule has 0 bridgehead atoms. The summed E-state index contributed by atoms with van der Waals surface area (Å²) in [6.07, 6.45) is 1.61. The zero-order chi connectivity index (χ0) is 14.7. The molecule has 1 aromatic heterocycles. The molecule has 0 atom stereocenters. The van der Waals surface area contributed by atoms with Gasteiger partial charge < -0.3 is 20.4 Å². The van der Waals surface area contributed by atoms with E-state index in [0.29, 0.717) is 17.1 Å². The number of H-pyrrole nitrogens is 1. The number of aromatic amines is 1. The maximum absolute atomic E-state index is 12.0. The number of hydrogen-bond donors (Lipinski definition) is 3. The summed E-state index contributed by atoms with van der Waals surface area (Å²) in [5, 5.41) is 5.52. The van der Waals surface area contributed by atoms with E-state index in [4.69, 9.17) is 4.74 Å². The number of urea groups is 1. The van der Waals surface area contributed by atoms with Gasteiger partial charge >= 0.3 is 6.03 Å². The van der Waals surface area contributed by atoms with Crippen LogP contribution in [0.4, 0.5) is 16.2 Å². The van der Waals surface area contributed by atoms with Crippen LogP contribution in [0.1, 0.15) is 0 Å². The minimum Gasteiger partial charge on any atom is -0.495 e. The van der Waals surface area contributed by atoms with Gasteiger partial charge in [-0.25, -0.2) is 9.78 Å². The van der Waals surface area contributed by atoms with Crippen LogP contribution in [-0.4, -0.2) is 23.1 Å². The molecule has 21 heavy (non-hydrogen) atoms. The van der Waals surface area contributed by atoms with Crippen LogP contribution in [0, 0.1) is 0 Å². The van der Waals surface area contributed by atoms with E-state index >= 15 is 0 Å². The molecule has 3 aromatic rings. The lowest BCUT2D eigenvalue weighted by Gasteiger charge is -2.10. The number of nitrogens with zero attached hydrogens (tertiary/aromatic N) is 1. The average molecular weight is 282 g/mol. The summed E-state index contributed by atoms with van der Waals surface area (Å²) in [4.78, 5) is 19.1. The molecule has 0 unspecified atom stereocenters. The minimum atomic E-state index is -0.335. The van der Waals surface area contributed by atoms with Gasteiger partial charge in [-0.15, -0.1) is 0 Å². The zero-order valence-corrected chi connectivity index (χ0v) is 11.4. The van der Waals surface area contributed by atoms with Crippen molar-refractivity contribution < 1.29 is 9.53 Å². The quantitative estimate of drug-likeness (QED) is 0.690. The SMILES string of the molecule is COc1ccccc1NC(=O)Nc1ccc2nc[nH]c2c1. The van der Waals surface area contributed by atoms with Crippen LogP contribution in [0.25, 0.3) is 11.0 Å². The molecule has 0 saturated carbocycles. The molecule has 2 amide bonds. The Labute approximate surface area is 121 Å². The van der Waals surface area contributed by atoms with Crippen molar-refractivity contribution >= 4 is 28.4 Å². The number of amides is 2. The summed E-state index contributed by atoms with van der Waals surface area (Å²) >= 11 is 0. The summed E-state index contributed by atoms with van der Waals surface area (Å²) in [5.74, 6) is 0.608. The van der Waals surface area contributed by atoms with Crippen LogP contribution in [0.5, 0.6) is 5.75 Å². The number of methoxy groups -OCH3 is 1. The van der Waals surface area contributed by atoms with Crippen molar-refractivity contribution in [2.24, 2.45) is 0 Å². The third-order valence-corrected chi connectivity index (χ3v) is 3.03. The van der Waals surface area contributed by atoms with Crippen molar-refractivity contribution in [2.75, 3.05) is 17.7 Å². The standard InChI is InChI=1S/C15H14N4O2/c1-21-14-5-3-2-4-12(14)19-15(20)18-10-6-7-11-13(8-10)17-9-16-11/h2-9H,1H3,(H,16,17)(H2,18,19,20). The first-order chi connectivity index (χ1) is 10.3. The molecular formula is C15H14N4O2. The maximum Gasteiger partial charge on any atom is 0.323 e. The monoisotopic (exact) mass is 282 g/mol. The summed E-state index contributed by atoms with van der Waals surface area (Å²) in [5.41, 5.74) is 3.01. The molecule has 1 heterocycles. The largest absolute Gasteiger partial charge is 0.495 e. The van der Waals surface area contributed by atoms with Gasteiger partial charge in [0.1, 0.15) is 5.75 Å². The van der Waals surface area contributed by atoms with E-state index in [-0.39, 0.29) is 6.03 Å². The second-order valence-electron chi connectivity index (χ2n) is 4.41. The molecule has 0 fully saturated rings. The van der Waals surface area contributed by atoms with Gasteiger partial charge in [0, 0.05) is 5.69 Å². The number of carbonyl (C=O) groups excluding carboxylic acids is 1. The number of benzene rings is 2. The second-order valence-corrected chi connectivity index (χ2v) is 4.41. The smallest absolute Gasteiger partial charge is 0.323 e. The first-order valence-electron chi connectivity index (χ1n) is 6.40. The number of anilines is 2. The van der Waals surface area contributed by atoms with E-state index in [0.717, 1.165) is 11.0 Å². The van der Waals surface area contributed by atoms with E-state index in [1.54, 1.807) is 31.6 Å². The fraction of sp³-hybridized carbons (Fsp3) is 0.0667. The lowest BCUT2D eigenvalue weighted by Crippen LogP contribution is -2.19. The Kier molecular flexibility index (Phi) is 3.42. The van der Waals surface area contributed by atoms with Crippen molar-refractivity contribution in [1.82, 2.24) is 9.97 Å². The summed E-state index contributed by atoms with van der Waals surface area (Å²) in [6, 6.07) is 12.4. The molecule has 0 aliphatic heterocycles. The fourth-order valence-corrected chi connectivity index (χ4v) is 2.05. The Morgan fingerprint density at radius 3 is 2.90 bits per heavy atom. The van der Waals surface area contributed by atoms with Crippen LogP contribution >= 0.6 is 0 Å². The highest BCUT2D eigenvalue weighted by Crippen LogP contribution is 2.23. The summed E-state index contributed by atoms with van der Waals surface area (Å²) in [7, 11) is 1.56. The normalized spacial score (nSPS) is 10.3. The number of para-hydroxylation sites is 2. The molecule has 6 nitrogen and oxygen atoms in total. The Balaban J connectivity index is 1.73.